The van der Waals surface area contributed by atoms with E-state index < -0.39 is 5.54 Å². The average Bonchev–Trinajstić information content (AvgIpc) is 2.49. The molecular weight excluding hydrogens is 248 g/mol. The first-order chi connectivity index (χ1) is 9.65. The molecule has 1 aromatic carbocycles. The SMILES string of the molecule is CCN(CCc1ccccc1)C(=O)C1(N)CCCCC1. The maximum absolute atomic E-state index is 12.7. The summed E-state index contributed by atoms with van der Waals surface area (Å²) in [6, 6.07) is 10.3. The molecule has 0 bridgehead atoms. The van der Waals surface area contributed by atoms with Gasteiger partial charge in [0, 0.05) is 13.1 Å². The van der Waals surface area contributed by atoms with Crippen molar-refractivity contribution in [1.82, 2.24) is 4.90 Å². The van der Waals surface area contributed by atoms with Crippen LogP contribution in [0.25, 0.3) is 0 Å². The Hall–Kier alpha value is -1.35. The molecule has 3 nitrogen and oxygen atoms in total. The second-order valence-electron chi connectivity index (χ2n) is 5.84. The number of benzene rings is 1. The van der Waals surface area contributed by atoms with Crippen LogP contribution in [-0.2, 0) is 11.2 Å². The number of rotatable bonds is 5. The first kappa shape index (κ1) is 15.0. The third kappa shape index (κ3) is 3.60. The fraction of sp³-hybridized carbons (Fsp3) is 0.588. The third-order valence-electron chi connectivity index (χ3n) is 4.35. The van der Waals surface area contributed by atoms with Gasteiger partial charge in [0.1, 0.15) is 0 Å². The minimum absolute atomic E-state index is 0.149. The standard InChI is InChI=1S/C17H26N2O/c1-2-19(14-11-15-9-5-3-6-10-15)16(20)17(18)12-7-4-8-13-17/h3,5-6,9-10H,2,4,7-8,11-14,18H2,1H3. The second kappa shape index (κ2) is 6.89. The summed E-state index contributed by atoms with van der Waals surface area (Å²) in [5.74, 6) is 0.149. The fourth-order valence-electron chi connectivity index (χ4n) is 3.02. The summed E-state index contributed by atoms with van der Waals surface area (Å²) >= 11 is 0. The van der Waals surface area contributed by atoms with E-state index in [1.165, 1.54) is 12.0 Å². The van der Waals surface area contributed by atoms with Crippen LogP contribution in [0.2, 0.25) is 0 Å². The number of carbonyl (C=O) groups is 1. The van der Waals surface area contributed by atoms with Crippen LogP contribution in [0.5, 0.6) is 0 Å². The molecule has 1 fully saturated rings. The first-order valence-electron chi connectivity index (χ1n) is 7.78. The zero-order valence-corrected chi connectivity index (χ0v) is 12.5. The van der Waals surface area contributed by atoms with E-state index >= 15 is 0 Å². The lowest BCUT2D eigenvalue weighted by Gasteiger charge is -2.36. The van der Waals surface area contributed by atoms with E-state index in [-0.39, 0.29) is 5.91 Å². The Morgan fingerprint density at radius 1 is 1.20 bits per heavy atom. The van der Waals surface area contributed by atoms with Crippen molar-refractivity contribution >= 4 is 5.91 Å². The lowest BCUT2D eigenvalue weighted by atomic mass is 9.81. The van der Waals surface area contributed by atoms with Gasteiger partial charge in [0.15, 0.2) is 0 Å². The molecule has 2 rings (SSSR count). The number of hydrogen-bond acceptors (Lipinski definition) is 2. The van der Waals surface area contributed by atoms with Crippen molar-refractivity contribution in [1.29, 1.82) is 0 Å². The van der Waals surface area contributed by atoms with Gasteiger partial charge in [0.25, 0.3) is 0 Å². The molecule has 1 amide bonds. The molecule has 1 saturated carbocycles. The summed E-state index contributed by atoms with van der Waals surface area (Å²) in [5, 5.41) is 0. The normalized spacial score (nSPS) is 17.7. The quantitative estimate of drug-likeness (QED) is 0.897. The van der Waals surface area contributed by atoms with Crippen LogP contribution < -0.4 is 5.73 Å². The molecule has 0 radical (unpaired) electrons. The van der Waals surface area contributed by atoms with Gasteiger partial charge in [0.05, 0.1) is 5.54 Å². The van der Waals surface area contributed by atoms with Crippen LogP contribution >= 0.6 is 0 Å². The monoisotopic (exact) mass is 274 g/mol. The van der Waals surface area contributed by atoms with Gasteiger partial charge in [-0.1, -0.05) is 49.6 Å². The van der Waals surface area contributed by atoms with E-state index in [0.717, 1.165) is 45.2 Å². The summed E-state index contributed by atoms with van der Waals surface area (Å²) < 4.78 is 0. The molecule has 1 aromatic rings. The third-order valence-corrected chi connectivity index (χ3v) is 4.35. The number of amides is 1. The van der Waals surface area contributed by atoms with E-state index in [1.54, 1.807) is 0 Å². The van der Waals surface area contributed by atoms with Gasteiger partial charge in [-0.15, -0.1) is 0 Å². The summed E-state index contributed by atoms with van der Waals surface area (Å²) in [7, 11) is 0. The van der Waals surface area contributed by atoms with Crippen LogP contribution in [0.15, 0.2) is 30.3 Å². The topological polar surface area (TPSA) is 46.3 Å². The predicted molar refractivity (Wildman–Crippen MR) is 82.4 cm³/mol. The van der Waals surface area contributed by atoms with Crippen LogP contribution in [0, 0.1) is 0 Å². The summed E-state index contributed by atoms with van der Waals surface area (Å²) in [6.45, 7) is 3.54. The summed E-state index contributed by atoms with van der Waals surface area (Å²) in [6.07, 6.45) is 5.96. The first-order valence-corrected chi connectivity index (χ1v) is 7.78. The van der Waals surface area contributed by atoms with Crippen molar-refractivity contribution in [2.75, 3.05) is 13.1 Å². The highest BCUT2D eigenvalue weighted by molar-refractivity contribution is 5.86. The number of hydrogen-bond donors (Lipinski definition) is 1. The number of likely N-dealkylation sites (N-methyl/N-ethyl adjacent to an activating group) is 1. The minimum Gasteiger partial charge on any atom is -0.341 e. The van der Waals surface area contributed by atoms with Gasteiger partial charge in [-0.3, -0.25) is 4.79 Å². The molecule has 2 N–H and O–H groups in total. The molecule has 1 aliphatic carbocycles. The highest BCUT2D eigenvalue weighted by Gasteiger charge is 2.37. The molecule has 3 heteroatoms. The Morgan fingerprint density at radius 3 is 2.45 bits per heavy atom. The predicted octanol–water partition coefficient (Wildman–Crippen LogP) is 2.74. The fourth-order valence-corrected chi connectivity index (χ4v) is 3.02. The Morgan fingerprint density at radius 2 is 1.85 bits per heavy atom. The molecule has 20 heavy (non-hydrogen) atoms. The molecule has 0 saturated heterocycles. The van der Waals surface area contributed by atoms with Gasteiger partial charge in [0.2, 0.25) is 5.91 Å². The molecule has 0 aliphatic heterocycles. The van der Waals surface area contributed by atoms with Gasteiger partial charge in [-0.2, -0.15) is 0 Å². The summed E-state index contributed by atoms with van der Waals surface area (Å²) in [4.78, 5) is 14.6. The van der Waals surface area contributed by atoms with Crippen LogP contribution in [0.3, 0.4) is 0 Å². The summed E-state index contributed by atoms with van der Waals surface area (Å²) in [5.41, 5.74) is 7.02. The molecular formula is C17H26N2O. The largest absolute Gasteiger partial charge is 0.341 e. The molecule has 110 valence electrons. The lowest BCUT2D eigenvalue weighted by Crippen LogP contribution is -2.56. The highest BCUT2D eigenvalue weighted by atomic mass is 16.2. The Labute approximate surface area is 122 Å². The Kier molecular flexibility index (Phi) is 5.18. The van der Waals surface area contributed by atoms with Gasteiger partial charge >= 0.3 is 0 Å². The number of carbonyl (C=O) groups excluding carboxylic acids is 1. The van der Waals surface area contributed by atoms with Crippen LogP contribution in [-0.4, -0.2) is 29.4 Å². The maximum Gasteiger partial charge on any atom is 0.242 e. The zero-order chi connectivity index (χ0) is 14.4. The van der Waals surface area contributed by atoms with Gasteiger partial charge < -0.3 is 10.6 Å². The molecule has 0 spiro atoms. The lowest BCUT2D eigenvalue weighted by molar-refractivity contribution is -0.138. The van der Waals surface area contributed by atoms with Crippen molar-refractivity contribution in [3.8, 4) is 0 Å². The van der Waals surface area contributed by atoms with Gasteiger partial charge in [-0.05, 0) is 31.7 Å². The molecule has 0 heterocycles. The van der Waals surface area contributed by atoms with Crippen LogP contribution in [0.4, 0.5) is 0 Å². The van der Waals surface area contributed by atoms with E-state index in [1.807, 2.05) is 30.0 Å². The second-order valence-corrected chi connectivity index (χ2v) is 5.84. The smallest absolute Gasteiger partial charge is 0.242 e. The van der Waals surface area contributed by atoms with Crippen molar-refractivity contribution in [2.24, 2.45) is 5.73 Å². The van der Waals surface area contributed by atoms with E-state index in [9.17, 15) is 4.79 Å². The van der Waals surface area contributed by atoms with E-state index in [2.05, 4.69) is 12.1 Å². The van der Waals surface area contributed by atoms with Crippen molar-refractivity contribution in [3.05, 3.63) is 35.9 Å². The number of nitrogens with zero attached hydrogens (tertiary/aromatic N) is 1. The minimum atomic E-state index is -0.606. The average molecular weight is 274 g/mol. The Bertz CT molecular complexity index is 424. The Balaban J connectivity index is 1.95. The van der Waals surface area contributed by atoms with Gasteiger partial charge in [-0.25, -0.2) is 0 Å². The van der Waals surface area contributed by atoms with Crippen LogP contribution in [0.1, 0.15) is 44.6 Å². The van der Waals surface area contributed by atoms with E-state index in [4.69, 9.17) is 5.73 Å². The van der Waals surface area contributed by atoms with Crippen molar-refractivity contribution in [2.45, 2.75) is 51.0 Å². The highest BCUT2D eigenvalue weighted by Crippen LogP contribution is 2.27. The molecule has 0 aromatic heterocycles. The van der Waals surface area contributed by atoms with E-state index in [0.29, 0.717) is 0 Å². The zero-order valence-electron chi connectivity index (χ0n) is 12.5. The molecule has 0 unspecified atom stereocenters. The molecule has 0 atom stereocenters. The number of nitrogens with two attached hydrogens (primary N) is 1. The maximum atomic E-state index is 12.7. The van der Waals surface area contributed by atoms with Crippen molar-refractivity contribution in [3.63, 3.8) is 0 Å². The molecule has 1 aliphatic rings. The van der Waals surface area contributed by atoms with Crippen molar-refractivity contribution < 1.29 is 4.79 Å².